The number of hydrogen-bond donors (Lipinski definition) is 1. The van der Waals surface area contributed by atoms with Crippen LogP contribution in [0.3, 0.4) is 0 Å². The van der Waals surface area contributed by atoms with E-state index >= 15 is 0 Å². The second kappa shape index (κ2) is 6.95. The van der Waals surface area contributed by atoms with Crippen LogP contribution in [-0.2, 0) is 6.42 Å². The van der Waals surface area contributed by atoms with Gasteiger partial charge in [0.05, 0.1) is 5.25 Å². The van der Waals surface area contributed by atoms with Gasteiger partial charge in [0.2, 0.25) is 0 Å². The standard InChI is InChI=1S/C14H23N3S2/c1-4-11(15)7-12-5-6-16-14(17-12)13-8-18-9(2)10(3)19-13/h5-6,9-11,13H,4,7-8,15H2,1-3H3. The average Bonchev–Trinajstić information content (AvgIpc) is 2.42. The molecule has 1 aliphatic heterocycles. The van der Waals surface area contributed by atoms with Gasteiger partial charge in [-0.3, -0.25) is 0 Å². The molecule has 1 aliphatic rings. The molecule has 0 amide bonds. The van der Waals surface area contributed by atoms with E-state index < -0.39 is 0 Å². The summed E-state index contributed by atoms with van der Waals surface area (Å²) in [7, 11) is 0. The van der Waals surface area contributed by atoms with Crippen LogP contribution in [0.25, 0.3) is 0 Å². The quantitative estimate of drug-likeness (QED) is 0.925. The van der Waals surface area contributed by atoms with Gasteiger partial charge in [-0.15, -0.1) is 11.8 Å². The van der Waals surface area contributed by atoms with Crippen LogP contribution in [-0.4, -0.2) is 32.3 Å². The Morgan fingerprint density at radius 2 is 2.21 bits per heavy atom. The van der Waals surface area contributed by atoms with Crippen molar-refractivity contribution in [3.63, 3.8) is 0 Å². The monoisotopic (exact) mass is 297 g/mol. The minimum absolute atomic E-state index is 0.204. The van der Waals surface area contributed by atoms with E-state index in [0.717, 1.165) is 35.4 Å². The predicted molar refractivity (Wildman–Crippen MR) is 85.7 cm³/mol. The van der Waals surface area contributed by atoms with Crippen LogP contribution in [0.4, 0.5) is 0 Å². The van der Waals surface area contributed by atoms with Crippen molar-refractivity contribution in [3.05, 3.63) is 23.8 Å². The molecule has 106 valence electrons. The molecular formula is C14H23N3S2. The maximum absolute atomic E-state index is 6.00. The van der Waals surface area contributed by atoms with Gasteiger partial charge < -0.3 is 5.73 Å². The Kier molecular flexibility index (Phi) is 5.54. The lowest BCUT2D eigenvalue weighted by Gasteiger charge is -2.30. The van der Waals surface area contributed by atoms with E-state index in [4.69, 9.17) is 10.7 Å². The number of thioether (sulfide) groups is 2. The number of hydrogen-bond acceptors (Lipinski definition) is 5. The molecule has 4 unspecified atom stereocenters. The minimum Gasteiger partial charge on any atom is -0.327 e. The molecule has 5 heteroatoms. The predicted octanol–water partition coefficient (Wildman–Crippen LogP) is 3.05. The third-order valence-electron chi connectivity index (χ3n) is 3.57. The molecule has 2 rings (SSSR count). The van der Waals surface area contributed by atoms with Crippen molar-refractivity contribution in [2.75, 3.05) is 5.75 Å². The highest BCUT2D eigenvalue weighted by Crippen LogP contribution is 2.43. The van der Waals surface area contributed by atoms with Gasteiger partial charge in [0.25, 0.3) is 0 Å². The molecule has 0 bridgehead atoms. The van der Waals surface area contributed by atoms with Crippen molar-refractivity contribution in [2.45, 2.75) is 55.4 Å². The molecule has 1 saturated heterocycles. The van der Waals surface area contributed by atoms with Crippen molar-refractivity contribution >= 4 is 23.5 Å². The number of rotatable bonds is 4. The fourth-order valence-corrected chi connectivity index (χ4v) is 4.87. The van der Waals surface area contributed by atoms with Gasteiger partial charge >= 0.3 is 0 Å². The maximum atomic E-state index is 6.00. The summed E-state index contributed by atoms with van der Waals surface area (Å²) in [5.41, 5.74) is 7.08. The lowest BCUT2D eigenvalue weighted by Crippen LogP contribution is -2.24. The summed E-state index contributed by atoms with van der Waals surface area (Å²) in [6.07, 6.45) is 3.72. The molecule has 0 aliphatic carbocycles. The normalized spacial score (nSPS) is 29.2. The summed E-state index contributed by atoms with van der Waals surface area (Å²) in [5.74, 6) is 2.09. The van der Waals surface area contributed by atoms with Crippen molar-refractivity contribution in [1.29, 1.82) is 0 Å². The molecule has 0 aromatic carbocycles. The molecule has 0 radical (unpaired) electrons. The highest BCUT2D eigenvalue weighted by molar-refractivity contribution is 8.07. The van der Waals surface area contributed by atoms with E-state index in [-0.39, 0.29) is 6.04 Å². The maximum Gasteiger partial charge on any atom is 0.142 e. The van der Waals surface area contributed by atoms with Crippen LogP contribution in [0.15, 0.2) is 12.3 Å². The van der Waals surface area contributed by atoms with Gasteiger partial charge in [0.15, 0.2) is 0 Å². The van der Waals surface area contributed by atoms with Gasteiger partial charge in [-0.25, -0.2) is 9.97 Å². The minimum atomic E-state index is 0.204. The third-order valence-corrected chi connectivity index (χ3v) is 6.95. The van der Waals surface area contributed by atoms with Crippen LogP contribution in [0, 0.1) is 0 Å². The Hall–Kier alpha value is -0.260. The van der Waals surface area contributed by atoms with Crippen LogP contribution in [0.5, 0.6) is 0 Å². The van der Waals surface area contributed by atoms with E-state index in [1.54, 1.807) is 0 Å². The summed E-state index contributed by atoms with van der Waals surface area (Å²) in [6.45, 7) is 6.71. The third kappa shape index (κ3) is 4.10. The first-order valence-corrected chi connectivity index (χ1v) is 8.93. The SMILES string of the molecule is CCC(N)Cc1ccnc(C2CSC(C)C(C)S2)n1. The zero-order chi connectivity index (χ0) is 13.8. The second-order valence-corrected chi connectivity index (χ2v) is 8.14. The van der Waals surface area contributed by atoms with E-state index in [2.05, 4.69) is 25.8 Å². The Labute approximate surface area is 124 Å². The van der Waals surface area contributed by atoms with Crippen LogP contribution in [0.1, 0.15) is 44.0 Å². The number of nitrogens with two attached hydrogens (primary N) is 1. The summed E-state index contributed by atoms with van der Waals surface area (Å²) in [6, 6.07) is 2.20. The molecule has 0 spiro atoms. The van der Waals surface area contributed by atoms with E-state index in [0.29, 0.717) is 10.5 Å². The van der Waals surface area contributed by atoms with Gasteiger partial charge in [-0.05, 0) is 12.5 Å². The molecule has 3 nitrogen and oxygen atoms in total. The van der Waals surface area contributed by atoms with Crippen molar-refractivity contribution in [2.24, 2.45) is 5.73 Å². The molecule has 0 saturated carbocycles. The second-order valence-electron chi connectivity index (χ2n) is 5.15. The van der Waals surface area contributed by atoms with Gasteiger partial charge in [-0.1, -0.05) is 20.8 Å². The fraction of sp³-hybridized carbons (Fsp3) is 0.714. The Balaban J connectivity index is 2.06. The first-order chi connectivity index (χ1) is 9.10. The molecule has 1 aromatic rings. The number of aromatic nitrogens is 2. The highest BCUT2D eigenvalue weighted by atomic mass is 32.2. The van der Waals surface area contributed by atoms with Crippen LogP contribution in [0.2, 0.25) is 0 Å². The summed E-state index contributed by atoms with van der Waals surface area (Å²) in [5, 5.41) is 1.81. The van der Waals surface area contributed by atoms with Gasteiger partial charge in [0, 0.05) is 40.6 Å². The van der Waals surface area contributed by atoms with E-state index in [9.17, 15) is 0 Å². The first kappa shape index (κ1) is 15.1. The molecule has 1 aromatic heterocycles. The van der Waals surface area contributed by atoms with Crippen LogP contribution < -0.4 is 5.73 Å². The zero-order valence-electron chi connectivity index (χ0n) is 11.9. The lowest BCUT2D eigenvalue weighted by molar-refractivity contribution is 0.632. The Morgan fingerprint density at radius 3 is 2.89 bits per heavy atom. The topological polar surface area (TPSA) is 51.8 Å². The summed E-state index contributed by atoms with van der Waals surface area (Å²) < 4.78 is 0. The number of nitrogens with zero attached hydrogens (tertiary/aromatic N) is 2. The summed E-state index contributed by atoms with van der Waals surface area (Å²) in [4.78, 5) is 9.19. The van der Waals surface area contributed by atoms with Crippen molar-refractivity contribution < 1.29 is 0 Å². The molecule has 2 heterocycles. The first-order valence-electron chi connectivity index (χ1n) is 6.94. The molecule has 19 heavy (non-hydrogen) atoms. The molecule has 2 N–H and O–H groups in total. The molecular weight excluding hydrogens is 274 g/mol. The smallest absolute Gasteiger partial charge is 0.142 e. The van der Waals surface area contributed by atoms with Crippen molar-refractivity contribution in [3.8, 4) is 0 Å². The average molecular weight is 297 g/mol. The zero-order valence-corrected chi connectivity index (χ0v) is 13.5. The van der Waals surface area contributed by atoms with Gasteiger partial charge in [-0.2, -0.15) is 11.8 Å². The Morgan fingerprint density at radius 1 is 1.42 bits per heavy atom. The Bertz CT molecular complexity index is 413. The molecule has 4 atom stereocenters. The highest BCUT2D eigenvalue weighted by Gasteiger charge is 2.28. The summed E-state index contributed by atoms with van der Waals surface area (Å²) >= 11 is 4.03. The van der Waals surface area contributed by atoms with Crippen molar-refractivity contribution in [1.82, 2.24) is 9.97 Å². The van der Waals surface area contributed by atoms with E-state index in [1.165, 1.54) is 0 Å². The van der Waals surface area contributed by atoms with E-state index in [1.807, 2.05) is 35.8 Å². The largest absolute Gasteiger partial charge is 0.327 e. The molecule has 1 fully saturated rings. The lowest BCUT2D eigenvalue weighted by atomic mass is 10.1. The van der Waals surface area contributed by atoms with Crippen LogP contribution >= 0.6 is 23.5 Å². The van der Waals surface area contributed by atoms with Gasteiger partial charge in [0.1, 0.15) is 5.82 Å². The fourth-order valence-electron chi connectivity index (χ4n) is 2.01.